The molecule has 0 bridgehead atoms. The molecule has 0 spiro atoms. The number of hydrogen-bond donors (Lipinski definition) is 2. The molecule has 2 N–H and O–H groups in total. The highest BCUT2D eigenvalue weighted by molar-refractivity contribution is 8.18. The number of aromatic amines is 1. The Morgan fingerprint density at radius 1 is 1.22 bits per heavy atom. The lowest BCUT2D eigenvalue weighted by Gasteiger charge is -2.26. The predicted molar refractivity (Wildman–Crippen MR) is 130 cm³/mol. The van der Waals surface area contributed by atoms with E-state index >= 15 is 0 Å². The van der Waals surface area contributed by atoms with Crippen LogP contribution in [-0.4, -0.2) is 58.6 Å². The van der Waals surface area contributed by atoms with Gasteiger partial charge in [0.15, 0.2) is 0 Å². The zero-order chi connectivity index (χ0) is 25.4. The van der Waals surface area contributed by atoms with Gasteiger partial charge in [-0.2, -0.15) is 18.3 Å². The maximum absolute atomic E-state index is 13.8. The highest BCUT2D eigenvalue weighted by atomic mass is 35.5. The molecule has 12 heteroatoms. The molecule has 3 heterocycles. The minimum Gasteiger partial charge on any atom is -0.374 e. The monoisotopic (exact) mass is 536 g/mol. The fourth-order valence-electron chi connectivity index (χ4n) is 4.28. The van der Waals surface area contributed by atoms with Crippen molar-refractivity contribution in [1.82, 2.24) is 20.4 Å². The van der Waals surface area contributed by atoms with Gasteiger partial charge in [-0.3, -0.25) is 19.6 Å². The summed E-state index contributed by atoms with van der Waals surface area (Å²) in [6.45, 7) is 1.69. The van der Waals surface area contributed by atoms with Gasteiger partial charge in [0.25, 0.3) is 11.1 Å². The maximum atomic E-state index is 13.8. The number of alkyl halides is 3. The summed E-state index contributed by atoms with van der Waals surface area (Å²) in [6.07, 6.45) is -3.65. The number of nitrogens with zero attached hydrogens (tertiary/aromatic N) is 2. The number of aromatic nitrogens is 2. The van der Waals surface area contributed by atoms with E-state index in [-0.39, 0.29) is 34.6 Å². The number of nitrogens with one attached hydrogen (secondary N) is 2. The quantitative estimate of drug-likeness (QED) is 0.452. The first-order valence-electron chi connectivity index (χ1n) is 11.1. The zero-order valence-electron chi connectivity index (χ0n) is 18.7. The first kappa shape index (κ1) is 24.8. The summed E-state index contributed by atoms with van der Waals surface area (Å²) in [6, 6.07) is 8.71. The number of rotatable bonds is 5. The standard InChI is InChI=1S/C24H20ClF3N4O3S/c25-16-3-1-14(19(9-16)24(26,27)28)8-18(13-2-4-20-15(7-13)10-30-31-20)21-22(33)32(23(34)36-21)12-17-11-29-5-6-35-17/h1-4,7,9-10,17,29H,5-6,8,11-12H2,(H,30,31)/b21-18-/t17-/m0/s1. The van der Waals surface area contributed by atoms with Gasteiger partial charge in [0.1, 0.15) is 0 Å². The summed E-state index contributed by atoms with van der Waals surface area (Å²) in [5.41, 5.74) is 0.627. The number of benzene rings is 2. The SMILES string of the molecule is O=C1S/C(=C(/Cc2ccc(Cl)cc2C(F)(F)F)c2ccc3[nH]ncc3c2)C(=O)N1C[C@@H]1CNCCO1. The van der Waals surface area contributed by atoms with E-state index < -0.39 is 22.9 Å². The zero-order valence-corrected chi connectivity index (χ0v) is 20.3. The van der Waals surface area contributed by atoms with Crippen molar-refractivity contribution in [3.8, 4) is 0 Å². The second-order valence-corrected chi connectivity index (χ2v) is 9.83. The molecule has 0 radical (unpaired) electrons. The van der Waals surface area contributed by atoms with Crippen molar-refractivity contribution in [3.63, 3.8) is 0 Å². The fraction of sp³-hybridized carbons (Fsp3) is 0.292. The van der Waals surface area contributed by atoms with Crippen LogP contribution in [0.3, 0.4) is 0 Å². The number of halogens is 4. The van der Waals surface area contributed by atoms with Crippen molar-refractivity contribution in [1.29, 1.82) is 0 Å². The second-order valence-electron chi connectivity index (χ2n) is 8.44. The lowest BCUT2D eigenvalue weighted by molar-refractivity contribution is -0.138. The first-order chi connectivity index (χ1) is 17.2. The topological polar surface area (TPSA) is 87.3 Å². The van der Waals surface area contributed by atoms with Gasteiger partial charge in [0, 0.05) is 23.5 Å². The molecule has 2 saturated heterocycles. The van der Waals surface area contributed by atoms with Gasteiger partial charge in [-0.1, -0.05) is 23.7 Å². The number of ether oxygens (including phenoxy) is 1. The number of fused-ring (bicyclic) bond motifs is 1. The lowest BCUT2D eigenvalue weighted by Crippen LogP contribution is -2.46. The third kappa shape index (κ3) is 5.01. The molecule has 2 fully saturated rings. The van der Waals surface area contributed by atoms with E-state index in [4.69, 9.17) is 16.3 Å². The van der Waals surface area contributed by atoms with Crippen molar-refractivity contribution in [3.05, 3.63) is 69.2 Å². The van der Waals surface area contributed by atoms with E-state index in [1.54, 1.807) is 24.4 Å². The molecule has 2 aliphatic rings. The van der Waals surface area contributed by atoms with Gasteiger partial charge in [-0.05, 0) is 59.1 Å². The summed E-state index contributed by atoms with van der Waals surface area (Å²) < 4.78 is 47.2. The number of allylic oxidation sites excluding steroid dienone is 1. The largest absolute Gasteiger partial charge is 0.416 e. The predicted octanol–water partition coefficient (Wildman–Crippen LogP) is 4.87. The molecule has 1 aromatic heterocycles. The van der Waals surface area contributed by atoms with Crippen LogP contribution in [-0.2, 0) is 22.1 Å². The molecule has 7 nitrogen and oxygen atoms in total. The van der Waals surface area contributed by atoms with Crippen LogP contribution in [0.1, 0.15) is 16.7 Å². The van der Waals surface area contributed by atoms with Crippen molar-refractivity contribution in [2.45, 2.75) is 18.7 Å². The van der Waals surface area contributed by atoms with Gasteiger partial charge in [0.2, 0.25) is 0 Å². The Balaban J connectivity index is 1.58. The third-order valence-corrected chi connectivity index (χ3v) is 7.30. The molecule has 0 unspecified atom stereocenters. The van der Waals surface area contributed by atoms with Gasteiger partial charge in [-0.15, -0.1) is 0 Å². The van der Waals surface area contributed by atoms with E-state index in [0.717, 1.165) is 33.6 Å². The number of H-pyrrole nitrogens is 1. The average Bonchev–Trinajstić information content (AvgIpc) is 3.43. The molecule has 188 valence electrons. The highest BCUT2D eigenvalue weighted by Crippen LogP contribution is 2.41. The van der Waals surface area contributed by atoms with Crippen molar-refractivity contribution in [2.75, 3.05) is 26.2 Å². The van der Waals surface area contributed by atoms with Crippen molar-refractivity contribution < 1.29 is 27.5 Å². The Hall–Kier alpha value is -2.86. The number of amides is 2. The molecule has 1 atom stereocenters. The maximum Gasteiger partial charge on any atom is 0.416 e. The molecule has 0 saturated carbocycles. The molecule has 2 aromatic carbocycles. The normalized spacial score (nSPS) is 20.4. The minimum absolute atomic E-state index is 0.0474. The number of imide groups is 1. The Bertz CT molecular complexity index is 1370. The summed E-state index contributed by atoms with van der Waals surface area (Å²) in [7, 11) is 0. The van der Waals surface area contributed by atoms with E-state index in [0.29, 0.717) is 30.8 Å². The van der Waals surface area contributed by atoms with Gasteiger partial charge < -0.3 is 10.1 Å². The summed E-state index contributed by atoms with van der Waals surface area (Å²) >= 11 is 6.59. The highest BCUT2D eigenvalue weighted by Gasteiger charge is 2.40. The number of carbonyl (C=O) groups excluding carboxylic acids is 2. The lowest BCUT2D eigenvalue weighted by atomic mass is 9.93. The Morgan fingerprint density at radius 2 is 2.06 bits per heavy atom. The molecular weight excluding hydrogens is 517 g/mol. The molecular formula is C24H20ClF3N4O3S. The van der Waals surface area contributed by atoms with Crippen LogP contribution in [0.4, 0.5) is 18.0 Å². The van der Waals surface area contributed by atoms with E-state index in [2.05, 4.69) is 15.5 Å². The first-order valence-corrected chi connectivity index (χ1v) is 12.3. The van der Waals surface area contributed by atoms with Crippen LogP contribution in [0, 0.1) is 0 Å². The Labute approximate surface area is 213 Å². The smallest absolute Gasteiger partial charge is 0.374 e. The van der Waals surface area contributed by atoms with Crippen molar-refractivity contribution >= 4 is 51.0 Å². The Kier molecular flexibility index (Phi) is 6.82. The number of hydrogen-bond acceptors (Lipinski definition) is 6. The molecule has 0 aliphatic carbocycles. The molecule has 5 rings (SSSR count). The summed E-state index contributed by atoms with van der Waals surface area (Å²) in [5, 5.41) is 10.1. The van der Waals surface area contributed by atoms with Crippen LogP contribution >= 0.6 is 23.4 Å². The number of thioether (sulfide) groups is 1. The van der Waals surface area contributed by atoms with Crippen LogP contribution in [0.5, 0.6) is 0 Å². The van der Waals surface area contributed by atoms with Crippen LogP contribution < -0.4 is 5.32 Å². The van der Waals surface area contributed by atoms with Gasteiger partial charge in [0.05, 0.1) is 41.4 Å². The number of carbonyl (C=O) groups is 2. The average molecular weight is 537 g/mol. The van der Waals surface area contributed by atoms with E-state index in [1.807, 2.05) is 0 Å². The minimum atomic E-state index is -4.65. The van der Waals surface area contributed by atoms with Gasteiger partial charge in [-0.25, -0.2) is 0 Å². The fourth-order valence-corrected chi connectivity index (χ4v) is 5.41. The van der Waals surface area contributed by atoms with E-state index in [1.165, 1.54) is 12.1 Å². The summed E-state index contributed by atoms with van der Waals surface area (Å²) in [4.78, 5) is 27.5. The molecule has 36 heavy (non-hydrogen) atoms. The van der Waals surface area contributed by atoms with E-state index in [9.17, 15) is 22.8 Å². The second kappa shape index (κ2) is 9.89. The summed E-state index contributed by atoms with van der Waals surface area (Å²) in [5.74, 6) is -0.552. The van der Waals surface area contributed by atoms with Crippen molar-refractivity contribution in [2.24, 2.45) is 0 Å². The number of morpholine rings is 1. The van der Waals surface area contributed by atoms with Crippen LogP contribution in [0.15, 0.2) is 47.5 Å². The molecule has 2 amide bonds. The molecule has 3 aromatic rings. The third-order valence-electron chi connectivity index (χ3n) is 6.05. The van der Waals surface area contributed by atoms with Gasteiger partial charge >= 0.3 is 6.18 Å². The molecule has 2 aliphatic heterocycles. The van der Waals surface area contributed by atoms with Crippen LogP contribution in [0.25, 0.3) is 16.5 Å². The van der Waals surface area contributed by atoms with Crippen LogP contribution in [0.2, 0.25) is 5.02 Å². The Morgan fingerprint density at radius 3 is 2.81 bits per heavy atom.